The highest BCUT2D eigenvalue weighted by Crippen LogP contribution is 2.24. The quantitative estimate of drug-likeness (QED) is 0.841. The van der Waals surface area contributed by atoms with Gasteiger partial charge in [-0.1, -0.05) is 0 Å². The van der Waals surface area contributed by atoms with Gasteiger partial charge in [-0.2, -0.15) is 0 Å². The molecule has 0 fully saturated rings. The van der Waals surface area contributed by atoms with Crippen LogP contribution in [-0.2, 0) is 4.79 Å². The molecule has 0 radical (unpaired) electrons. The molecule has 0 heterocycles. The van der Waals surface area contributed by atoms with Crippen molar-refractivity contribution >= 4 is 11.9 Å². The summed E-state index contributed by atoms with van der Waals surface area (Å²) in [5.41, 5.74) is -0.588. The van der Waals surface area contributed by atoms with E-state index in [0.717, 1.165) is 6.92 Å². The molecule has 2 N–H and O–H groups in total. The van der Waals surface area contributed by atoms with Gasteiger partial charge in [-0.15, -0.1) is 0 Å². The lowest BCUT2D eigenvalue weighted by Crippen LogP contribution is -2.24. The van der Waals surface area contributed by atoms with Crippen LogP contribution in [0.25, 0.3) is 0 Å². The van der Waals surface area contributed by atoms with Crippen LogP contribution in [0.2, 0.25) is 0 Å². The van der Waals surface area contributed by atoms with Gasteiger partial charge in [0.25, 0.3) is 0 Å². The number of aromatic carboxylic acids is 1. The molecule has 0 saturated heterocycles. The highest BCUT2D eigenvalue weighted by Gasteiger charge is 2.20. The van der Waals surface area contributed by atoms with Crippen molar-refractivity contribution in [2.75, 3.05) is 0 Å². The molecule has 7 heteroatoms. The predicted octanol–water partition coefficient (Wildman–Crippen LogP) is 1.51. The summed E-state index contributed by atoms with van der Waals surface area (Å²) in [6.45, 7) is 1.09. The first-order chi connectivity index (χ1) is 7.82. The number of carboxylic acids is 2. The molecule has 1 rings (SSSR count). The molecule has 0 amide bonds. The van der Waals surface area contributed by atoms with Crippen LogP contribution in [0.1, 0.15) is 17.3 Å². The number of aliphatic carboxylic acids is 1. The van der Waals surface area contributed by atoms with Gasteiger partial charge in [0.05, 0.1) is 5.56 Å². The maximum atomic E-state index is 13.3. The molecule has 0 spiro atoms. The molecule has 92 valence electrons. The van der Waals surface area contributed by atoms with Gasteiger partial charge in [-0.25, -0.2) is 18.4 Å². The van der Waals surface area contributed by atoms with Crippen molar-refractivity contribution in [2.24, 2.45) is 0 Å². The van der Waals surface area contributed by atoms with Crippen molar-refractivity contribution in [3.63, 3.8) is 0 Å². The van der Waals surface area contributed by atoms with E-state index in [-0.39, 0.29) is 0 Å². The third-order valence-corrected chi connectivity index (χ3v) is 1.89. The monoisotopic (exact) mass is 246 g/mol. The summed E-state index contributed by atoms with van der Waals surface area (Å²) in [7, 11) is 0. The lowest BCUT2D eigenvalue weighted by Gasteiger charge is -2.12. The fourth-order valence-electron chi connectivity index (χ4n) is 1.02. The van der Waals surface area contributed by atoms with Crippen LogP contribution in [0.5, 0.6) is 5.75 Å². The van der Waals surface area contributed by atoms with Gasteiger partial charge < -0.3 is 14.9 Å². The van der Waals surface area contributed by atoms with Gasteiger partial charge in [-0.05, 0) is 19.1 Å². The highest BCUT2D eigenvalue weighted by molar-refractivity contribution is 5.87. The summed E-state index contributed by atoms with van der Waals surface area (Å²) in [5.74, 6) is -6.34. The molecule has 0 saturated carbocycles. The number of carbonyl (C=O) groups is 2. The van der Waals surface area contributed by atoms with Crippen LogP contribution in [0.4, 0.5) is 8.78 Å². The number of halogens is 2. The number of hydrogen-bond donors (Lipinski definition) is 2. The Morgan fingerprint density at radius 1 is 1.24 bits per heavy atom. The first kappa shape index (κ1) is 12.9. The van der Waals surface area contributed by atoms with E-state index in [2.05, 4.69) is 4.74 Å². The zero-order valence-corrected chi connectivity index (χ0v) is 8.61. The maximum Gasteiger partial charge on any atom is 0.344 e. The Labute approximate surface area is 94.2 Å². The van der Waals surface area contributed by atoms with Crippen molar-refractivity contribution < 1.29 is 33.3 Å². The van der Waals surface area contributed by atoms with Crippen molar-refractivity contribution in [3.8, 4) is 5.75 Å². The first-order valence-corrected chi connectivity index (χ1v) is 4.44. The normalized spacial score (nSPS) is 11.9. The minimum atomic E-state index is -1.50. The van der Waals surface area contributed by atoms with E-state index in [9.17, 15) is 18.4 Å². The van der Waals surface area contributed by atoms with Crippen LogP contribution in [0.15, 0.2) is 12.1 Å². The molecular weight excluding hydrogens is 238 g/mol. The van der Waals surface area contributed by atoms with E-state index in [4.69, 9.17) is 10.2 Å². The number of rotatable bonds is 4. The van der Waals surface area contributed by atoms with E-state index in [1.54, 1.807) is 0 Å². The molecule has 1 unspecified atom stereocenters. The summed E-state index contributed by atoms with van der Waals surface area (Å²) in [5, 5.41) is 17.0. The van der Waals surface area contributed by atoms with Gasteiger partial charge in [0.15, 0.2) is 23.5 Å². The summed E-state index contributed by atoms with van der Waals surface area (Å²) < 4.78 is 31.1. The maximum absolute atomic E-state index is 13.3. The van der Waals surface area contributed by atoms with Crippen LogP contribution in [0, 0.1) is 11.6 Å². The fourth-order valence-corrected chi connectivity index (χ4v) is 1.02. The van der Waals surface area contributed by atoms with Crippen molar-refractivity contribution in [3.05, 3.63) is 29.3 Å². The van der Waals surface area contributed by atoms with E-state index in [0.29, 0.717) is 12.1 Å². The number of hydrogen-bond acceptors (Lipinski definition) is 3. The predicted molar refractivity (Wildman–Crippen MR) is 51.0 cm³/mol. The molecule has 0 aliphatic heterocycles. The van der Waals surface area contributed by atoms with Crippen molar-refractivity contribution in [2.45, 2.75) is 13.0 Å². The average Bonchev–Trinajstić information content (AvgIpc) is 2.22. The summed E-state index contributed by atoms with van der Waals surface area (Å²) >= 11 is 0. The molecule has 0 aliphatic carbocycles. The molecule has 1 aromatic rings. The first-order valence-electron chi connectivity index (χ1n) is 4.44. The van der Waals surface area contributed by atoms with Gasteiger partial charge in [0.1, 0.15) is 0 Å². The minimum absolute atomic E-state index is 0.551. The zero-order valence-electron chi connectivity index (χ0n) is 8.61. The summed E-state index contributed by atoms with van der Waals surface area (Å²) in [6.07, 6.45) is -1.45. The van der Waals surface area contributed by atoms with Crippen LogP contribution in [-0.4, -0.2) is 28.3 Å². The second-order valence-electron chi connectivity index (χ2n) is 3.17. The van der Waals surface area contributed by atoms with Crippen LogP contribution >= 0.6 is 0 Å². The summed E-state index contributed by atoms with van der Waals surface area (Å²) in [4.78, 5) is 20.9. The SMILES string of the molecule is CC(Oc1c(F)cc(C(=O)O)cc1F)C(=O)O. The Kier molecular flexibility index (Phi) is 3.62. The van der Waals surface area contributed by atoms with Crippen LogP contribution in [0.3, 0.4) is 0 Å². The zero-order chi connectivity index (χ0) is 13.2. The summed E-state index contributed by atoms with van der Waals surface area (Å²) in [6, 6.07) is 1.10. The second-order valence-corrected chi connectivity index (χ2v) is 3.17. The molecular formula is C10H8F2O5. The smallest absolute Gasteiger partial charge is 0.344 e. The molecule has 0 aliphatic rings. The third kappa shape index (κ3) is 2.90. The lowest BCUT2D eigenvalue weighted by atomic mass is 10.2. The van der Waals surface area contributed by atoms with Gasteiger partial charge in [-0.3, -0.25) is 0 Å². The van der Waals surface area contributed by atoms with E-state index >= 15 is 0 Å². The standard InChI is InChI=1S/C10H8F2O5/c1-4(9(13)14)17-8-6(11)2-5(10(15)16)3-7(8)12/h2-4H,1H3,(H,13,14)(H,15,16). The van der Waals surface area contributed by atoms with E-state index in [1.165, 1.54) is 0 Å². The number of carboxylic acid groups (broad SMARTS) is 2. The van der Waals surface area contributed by atoms with Crippen molar-refractivity contribution in [1.82, 2.24) is 0 Å². The fraction of sp³-hybridized carbons (Fsp3) is 0.200. The Morgan fingerprint density at radius 3 is 2.06 bits per heavy atom. The Hall–Kier alpha value is -2.18. The number of ether oxygens (including phenoxy) is 1. The molecule has 17 heavy (non-hydrogen) atoms. The molecule has 1 atom stereocenters. The molecule has 0 aromatic heterocycles. The second kappa shape index (κ2) is 4.77. The Bertz CT molecular complexity index is 449. The molecule has 1 aromatic carbocycles. The highest BCUT2D eigenvalue weighted by atomic mass is 19.1. The number of benzene rings is 1. The topological polar surface area (TPSA) is 83.8 Å². The van der Waals surface area contributed by atoms with Crippen molar-refractivity contribution in [1.29, 1.82) is 0 Å². The largest absolute Gasteiger partial charge is 0.479 e. The minimum Gasteiger partial charge on any atom is -0.479 e. The Balaban J connectivity index is 3.10. The molecule has 5 nitrogen and oxygen atoms in total. The van der Waals surface area contributed by atoms with E-state index < -0.39 is 41.0 Å². The lowest BCUT2D eigenvalue weighted by molar-refractivity contribution is -0.144. The average molecular weight is 246 g/mol. The van der Waals surface area contributed by atoms with Crippen LogP contribution < -0.4 is 4.74 Å². The third-order valence-electron chi connectivity index (χ3n) is 1.89. The van der Waals surface area contributed by atoms with Gasteiger partial charge in [0, 0.05) is 0 Å². The molecule has 0 bridgehead atoms. The van der Waals surface area contributed by atoms with Gasteiger partial charge in [0.2, 0.25) is 0 Å². The van der Waals surface area contributed by atoms with E-state index in [1.807, 2.05) is 0 Å². The van der Waals surface area contributed by atoms with Gasteiger partial charge >= 0.3 is 11.9 Å². The Morgan fingerprint density at radius 2 is 1.71 bits per heavy atom.